The molecule has 0 N–H and O–H groups in total. The van der Waals surface area contributed by atoms with Gasteiger partial charge in [0, 0.05) is 12.8 Å². The largest absolute Gasteiger partial charge is 0.462 e. The Labute approximate surface area is 304 Å². The molecular formula is C47H78O2. The molecule has 0 aliphatic heterocycles. The third kappa shape index (κ3) is 11.0. The molecule has 0 heterocycles. The monoisotopic (exact) mass is 675 g/mol. The molecule has 2 heteroatoms. The number of hydrogen-bond acceptors (Lipinski definition) is 2. The van der Waals surface area contributed by atoms with Gasteiger partial charge in [0.1, 0.15) is 6.10 Å². The van der Waals surface area contributed by atoms with Crippen LogP contribution in [0, 0.1) is 52.3 Å². The average Bonchev–Trinajstić information content (AvgIpc) is 3.44. The van der Waals surface area contributed by atoms with Crippen molar-refractivity contribution in [3.8, 4) is 0 Å². The number of carbonyl (C=O) groups is 1. The molecule has 4 rings (SSSR count). The highest BCUT2D eigenvalue weighted by molar-refractivity contribution is 5.69. The minimum Gasteiger partial charge on any atom is -0.462 e. The molecule has 0 saturated heterocycles. The first-order valence-electron chi connectivity index (χ1n) is 21.5. The van der Waals surface area contributed by atoms with Crippen molar-refractivity contribution < 1.29 is 9.53 Å². The van der Waals surface area contributed by atoms with E-state index in [1.54, 1.807) is 5.57 Å². The van der Waals surface area contributed by atoms with Gasteiger partial charge in [-0.2, -0.15) is 0 Å². The van der Waals surface area contributed by atoms with Gasteiger partial charge >= 0.3 is 5.97 Å². The van der Waals surface area contributed by atoms with E-state index in [0.717, 1.165) is 62.2 Å². The second-order valence-corrected chi connectivity index (χ2v) is 18.1. The molecule has 4 aliphatic rings. The van der Waals surface area contributed by atoms with E-state index in [4.69, 9.17) is 4.74 Å². The summed E-state index contributed by atoms with van der Waals surface area (Å²) in [5, 5.41) is 0. The van der Waals surface area contributed by atoms with Crippen molar-refractivity contribution in [2.45, 2.75) is 189 Å². The fourth-order valence-electron chi connectivity index (χ4n) is 10.9. The lowest BCUT2D eigenvalue weighted by atomic mass is 9.47. The molecule has 0 amide bonds. The van der Waals surface area contributed by atoms with Gasteiger partial charge in [-0.05, 0) is 129 Å². The highest BCUT2D eigenvalue weighted by Gasteiger charge is 2.59. The molecule has 278 valence electrons. The van der Waals surface area contributed by atoms with Crippen LogP contribution in [-0.4, -0.2) is 12.1 Å². The Morgan fingerprint density at radius 2 is 1.49 bits per heavy atom. The van der Waals surface area contributed by atoms with E-state index >= 15 is 0 Å². The molecule has 0 radical (unpaired) electrons. The molecule has 3 fully saturated rings. The van der Waals surface area contributed by atoms with Crippen LogP contribution in [0.15, 0.2) is 48.1 Å². The van der Waals surface area contributed by atoms with Crippen LogP contribution in [0.25, 0.3) is 0 Å². The summed E-state index contributed by atoms with van der Waals surface area (Å²) in [5.74, 6) is 5.42. The lowest BCUT2D eigenvalue weighted by molar-refractivity contribution is -0.151. The Hall–Kier alpha value is -1.57. The Morgan fingerprint density at radius 1 is 0.816 bits per heavy atom. The third-order valence-corrected chi connectivity index (χ3v) is 14.4. The molecule has 0 spiro atoms. The maximum atomic E-state index is 12.8. The van der Waals surface area contributed by atoms with Crippen LogP contribution in [0.3, 0.4) is 0 Å². The first kappa shape index (κ1) is 40.2. The summed E-state index contributed by atoms with van der Waals surface area (Å²) in [5.41, 5.74) is 2.42. The predicted molar refractivity (Wildman–Crippen MR) is 211 cm³/mol. The second-order valence-electron chi connectivity index (χ2n) is 18.1. The minimum absolute atomic E-state index is 0.0307. The molecule has 3 saturated carbocycles. The van der Waals surface area contributed by atoms with Gasteiger partial charge in [-0.3, -0.25) is 4.79 Å². The first-order valence-corrected chi connectivity index (χ1v) is 21.5. The molecule has 2 nitrogen and oxygen atoms in total. The lowest BCUT2D eigenvalue weighted by Gasteiger charge is -2.58. The maximum absolute atomic E-state index is 12.8. The fraction of sp³-hybridized carbons (Fsp3) is 0.809. The predicted octanol–water partition coefficient (Wildman–Crippen LogP) is 14.2. The summed E-state index contributed by atoms with van der Waals surface area (Å²) in [6, 6.07) is 0. The van der Waals surface area contributed by atoms with Crippen LogP contribution >= 0.6 is 0 Å². The SMILES string of the molecule is CCCCCCCCC/C=C/C=C/CCCCCC(=O)OC1CCC2(C)C(=CCC3C2CCC2(C)C(C(C)/C=C/C(C)C(C)C)CCC32)C1. The van der Waals surface area contributed by atoms with Gasteiger partial charge < -0.3 is 4.74 Å². The Kier molecular flexibility index (Phi) is 16.3. The summed E-state index contributed by atoms with van der Waals surface area (Å²) in [6.07, 6.45) is 42.6. The van der Waals surface area contributed by atoms with E-state index in [1.165, 1.54) is 89.9 Å². The average molecular weight is 675 g/mol. The van der Waals surface area contributed by atoms with Gasteiger partial charge in [0.05, 0.1) is 0 Å². The number of esters is 1. The van der Waals surface area contributed by atoms with E-state index in [-0.39, 0.29) is 12.1 Å². The van der Waals surface area contributed by atoms with Crippen molar-refractivity contribution in [3.63, 3.8) is 0 Å². The molecule has 0 aromatic rings. The highest BCUT2D eigenvalue weighted by atomic mass is 16.5. The number of hydrogen-bond donors (Lipinski definition) is 0. The number of unbranched alkanes of at least 4 members (excludes halogenated alkanes) is 10. The Bertz CT molecular complexity index is 1110. The van der Waals surface area contributed by atoms with Crippen molar-refractivity contribution in [1.29, 1.82) is 0 Å². The van der Waals surface area contributed by atoms with E-state index in [9.17, 15) is 4.79 Å². The van der Waals surface area contributed by atoms with Crippen LogP contribution in [-0.2, 0) is 9.53 Å². The summed E-state index contributed by atoms with van der Waals surface area (Å²) in [6.45, 7) is 17.1. The number of ether oxygens (including phenoxy) is 1. The topological polar surface area (TPSA) is 26.3 Å². The second kappa shape index (κ2) is 19.9. The van der Waals surface area contributed by atoms with E-state index in [2.05, 4.69) is 91.0 Å². The van der Waals surface area contributed by atoms with Crippen molar-refractivity contribution in [2.24, 2.45) is 52.3 Å². The zero-order valence-electron chi connectivity index (χ0n) is 33.3. The summed E-state index contributed by atoms with van der Waals surface area (Å²) < 4.78 is 6.12. The number of rotatable bonds is 20. The van der Waals surface area contributed by atoms with Crippen molar-refractivity contribution >= 4 is 5.97 Å². The van der Waals surface area contributed by atoms with Gasteiger partial charge in [0.25, 0.3) is 0 Å². The number of allylic oxidation sites excluding steroid dienone is 7. The molecular weight excluding hydrogens is 597 g/mol. The standard InChI is InChI=1S/C47H78O2/c1-8-9-10-11-12-13-14-15-16-17-18-19-20-21-22-23-24-45(48)49-40-31-33-46(6)39(35-40)27-28-41-43-30-29-42(47(43,7)34-32-44(41)46)38(5)26-25-37(4)36(2)3/h16-19,25-27,36-38,40-44H,8-15,20-24,28-35H2,1-7H3/b17-16+,19-18+,26-25+. The van der Waals surface area contributed by atoms with E-state index < -0.39 is 0 Å². The molecule has 0 bridgehead atoms. The van der Waals surface area contributed by atoms with Crippen LogP contribution in [0.5, 0.6) is 0 Å². The summed E-state index contributed by atoms with van der Waals surface area (Å²) >= 11 is 0. The lowest BCUT2D eigenvalue weighted by Crippen LogP contribution is -2.51. The molecule has 4 aliphatic carbocycles. The summed E-state index contributed by atoms with van der Waals surface area (Å²) in [4.78, 5) is 12.8. The Morgan fingerprint density at radius 3 is 2.18 bits per heavy atom. The van der Waals surface area contributed by atoms with Gasteiger partial charge in [-0.25, -0.2) is 0 Å². The van der Waals surface area contributed by atoms with Crippen molar-refractivity contribution in [2.75, 3.05) is 0 Å². The highest BCUT2D eigenvalue weighted by Crippen LogP contribution is 2.67. The molecule has 0 aromatic heterocycles. The zero-order chi connectivity index (χ0) is 35.3. The molecule has 9 atom stereocenters. The number of carbonyl (C=O) groups excluding carboxylic acids is 1. The molecule has 9 unspecified atom stereocenters. The van der Waals surface area contributed by atoms with Gasteiger partial charge in [-0.1, -0.05) is 142 Å². The zero-order valence-corrected chi connectivity index (χ0v) is 33.3. The van der Waals surface area contributed by atoms with Gasteiger partial charge in [0.2, 0.25) is 0 Å². The van der Waals surface area contributed by atoms with Crippen LogP contribution in [0.2, 0.25) is 0 Å². The molecule has 49 heavy (non-hydrogen) atoms. The molecule has 0 aromatic carbocycles. The smallest absolute Gasteiger partial charge is 0.306 e. The van der Waals surface area contributed by atoms with Gasteiger partial charge in [-0.15, -0.1) is 0 Å². The van der Waals surface area contributed by atoms with Crippen LogP contribution in [0.1, 0.15) is 183 Å². The van der Waals surface area contributed by atoms with E-state index in [1.807, 2.05) is 0 Å². The quantitative estimate of drug-likeness (QED) is 0.0556. The van der Waals surface area contributed by atoms with Crippen molar-refractivity contribution in [3.05, 3.63) is 48.1 Å². The van der Waals surface area contributed by atoms with E-state index in [0.29, 0.717) is 35.0 Å². The van der Waals surface area contributed by atoms with Gasteiger partial charge in [0.15, 0.2) is 0 Å². The third-order valence-electron chi connectivity index (χ3n) is 14.4. The Balaban J connectivity index is 1.14. The number of fused-ring (bicyclic) bond motifs is 5. The maximum Gasteiger partial charge on any atom is 0.306 e. The fourth-order valence-corrected chi connectivity index (χ4v) is 10.9. The van der Waals surface area contributed by atoms with Crippen LogP contribution < -0.4 is 0 Å². The van der Waals surface area contributed by atoms with Crippen LogP contribution in [0.4, 0.5) is 0 Å². The minimum atomic E-state index is 0.0307. The first-order chi connectivity index (χ1) is 23.6. The van der Waals surface area contributed by atoms with Crippen molar-refractivity contribution in [1.82, 2.24) is 0 Å². The summed E-state index contributed by atoms with van der Waals surface area (Å²) in [7, 11) is 0. The normalized spacial score (nSPS) is 32.7.